The lowest BCUT2D eigenvalue weighted by molar-refractivity contribution is -0.156. The van der Waals surface area contributed by atoms with Crippen LogP contribution in [0, 0.1) is 0 Å². The second-order valence-electron chi connectivity index (χ2n) is 5.64. The molecule has 0 aliphatic rings. The lowest BCUT2D eigenvalue weighted by atomic mass is 10.1. The molecule has 0 spiro atoms. The Hall–Kier alpha value is -3.48. The van der Waals surface area contributed by atoms with Crippen LogP contribution in [0.5, 0.6) is 0 Å². The number of urea groups is 1. The Morgan fingerprint density at radius 1 is 0.889 bits per heavy atom. The van der Waals surface area contributed by atoms with Crippen LogP contribution in [0.3, 0.4) is 0 Å². The van der Waals surface area contributed by atoms with Crippen LogP contribution in [0.15, 0.2) is 60.7 Å². The van der Waals surface area contributed by atoms with Gasteiger partial charge in [-0.2, -0.15) is 0 Å². The standard InChI is InChI=1S/C20H20N2O5/c1-21-20(26)22-19(25)18(15-10-6-3-7-11-15)27-17(24)13-12-16(23)14-8-4-2-5-9-14/h2-11,18H,12-13H2,1H3,(H2,21,22,25,26)/t18-/m1/s1. The number of esters is 1. The number of carbonyl (C=O) groups excluding carboxylic acids is 4. The van der Waals surface area contributed by atoms with Crippen molar-refractivity contribution in [3.63, 3.8) is 0 Å². The fourth-order valence-electron chi connectivity index (χ4n) is 2.32. The van der Waals surface area contributed by atoms with Crippen molar-refractivity contribution in [1.29, 1.82) is 0 Å². The number of nitrogens with one attached hydrogen (secondary N) is 2. The maximum atomic E-state index is 12.3. The van der Waals surface area contributed by atoms with Crippen LogP contribution in [0.2, 0.25) is 0 Å². The SMILES string of the molecule is CNC(=O)NC(=O)[C@H](OC(=O)CCC(=O)c1ccccc1)c1ccccc1. The maximum absolute atomic E-state index is 12.3. The second kappa shape index (κ2) is 9.86. The van der Waals surface area contributed by atoms with Gasteiger partial charge in [0.25, 0.3) is 5.91 Å². The summed E-state index contributed by atoms with van der Waals surface area (Å²) in [6.07, 6.45) is -1.51. The molecule has 1 atom stereocenters. The van der Waals surface area contributed by atoms with Crippen LogP contribution in [-0.2, 0) is 14.3 Å². The van der Waals surface area contributed by atoms with E-state index in [1.807, 2.05) is 0 Å². The molecule has 0 saturated carbocycles. The predicted molar refractivity (Wildman–Crippen MR) is 97.9 cm³/mol. The van der Waals surface area contributed by atoms with E-state index < -0.39 is 24.0 Å². The number of rotatable bonds is 7. The van der Waals surface area contributed by atoms with E-state index in [-0.39, 0.29) is 18.6 Å². The van der Waals surface area contributed by atoms with Crippen molar-refractivity contribution in [1.82, 2.24) is 10.6 Å². The highest BCUT2D eigenvalue weighted by atomic mass is 16.5. The summed E-state index contributed by atoms with van der Waals surface area (Å²) in [5.74, 6) is -1.68. The van der Waals surface area contributed by atoms with Crippen molar-refractivity contribution in [2.45, 2.75) is 18.9 Å². The number of Topliss-reactive ketones (excluding diaryl/α,β-unsaturated/α-hetero) is 1. The summed E-state index contributed by atoms with van der Waals surface area (Å²) < 4.78 is 5.25. The van der Waals surface area contributed by atoms with Crippen molar-refractivity contribution in [2.75, 3.05) is 7.05 Å². The molecule has 0 aliphatic carbocycles. The van der Waals surface area contributed by atoms with Crippen LogP contribution in [0.1, 0.15) is 34.9 Å². The fourth-order valence-corrected chi connectivity index (χ4v) is 2.32. The molecule has 0 saturated heterocycles. The van der Waals surface area contributed by atoms with Gasteiger partial charge in [0.15, 0.2) is 5.78 Å². The minimum absolute atomic E-state index is 0.0403. The third-order valence-corrected chi connectivity index (χ3v) is 3.71. The molecular weight excluding hydrogens is 348 g/mol. The predicted octanol–water partition coefficient (Wildman–Crippen LogP) is 2.39. The van der Waals surface area contributed by atoms with Gasteiger partial charge in [-0.3, -0.25) is 19.7 Å². The van der Waals surface area contributed by atoms with Crippen LogP contribution in [-0.4, -0.2) is 30.7 Å². The lowest BCUT2D eigenvalue weighted by Crippen LogP contribution is -2.41. The van der Waals surface area contributed by atoms with Crippen LogP contribution in [0.25, 0.3) is 0 Å². The van der Waals surface area contributed by atoms with Gasteiger partial charge in [-0.15, -0.1) is 0 Å². The zero-order chi connectivity index (χ0) is 19.6. The van der Waals surface area contributed by atoms with Gasteiger partial charge in [0.05, 0.1) is 6.42 Å². The zero-order valence-electron chi connectivity index (χ0n) is 14.8. The fraction of sp³-hybridized carbons (Fsp3) is 0.200. The number of benzene rings is 2. The summed E-state index contributed by atoms with van der Waals surface area (Å²) in [4.78, 5) is 47.9. The molecule has 2 aromatic rings. The van der Waals surface area contributed by atoms with Crippen molar-refractivity contribution in [2.24, 2.45) is 0 Å². The summed E-state index contributed by atoms with van der Waals surface area (Å²) in [6, 6.07) is 16.2. The summed E-state index contributed by atoms with van der Waals surface area (Å²) >= 11 is 0. The van der Waals surface area contributed by atoms with Crippen LogP contribution < -0.4 is 10.6 Å². The molecule has 0 heterocycles. The highest BCUT2D eigenvalue weighted by Gasteiger charge is 2.26. The average Bonchev–Trinajstić information content (AvgIpc) is 2.71. The largest absolute Gasteiger partial charge is 0.447 e. The lowest BCUT2D eigenvalue weighted by Gasteiger charge is -2.17. The molecule has 2 rings (SSSR count). The summed E-state index contributed by atoms with van der Waals surface area (Å²) in [7, 11) is 1.36. The van der Waals surface area contributed by atoms with E-state index in [0.29, 0.717) is 11.1 Å². The smallest absolute Gasteiger partial charge is 0.321 e. The van der Waals surface area contributed by atoms with Gasteiger partial charge in [0.2, 0.25) is 6.10 Å². The first kappa shape index (κ1) is 19.8. The molecule has 0 fully saturated rings. The van der Waals surface area contributed by atoms with Gasteiger partial charge < -0.3 is 10.1 Å². The first-order valence-electron chi connectivity index (χ1n) is 8.36. The Bertz CT molecular complexity index is 806. The topological polar surface area (TPSA) is 102 Å². The normalized spacial score (nSPS) is 11.1. The Balaban J connectivity index is 2.01. The van der Waals surface area contributed by atoms with Crippen molar-refractivity contribution >= 4 is 23.7 Å². The molecule has 0 aromatic heterocycles. The van der Waals surface area contributed by atoms with E-state index in [1.165, 1.54) is 7.05 Å². The molecule has 0 radical (unpaired) electrons. The average molecular weight is 368 g/mol. The van der Waals surface area contributed by atoms with Crippen LogP contribution >= 0.6 is 0 Å². The Labute approximate surface area is 156 Å². The third-order valence-electron chi connectivity index (χ3n) is 3.71. The van der Waals surface area contributed by atoms with Gasteiger partial charge in [0.1, 0.15) is 0 Å². The molecule has 0 bridgehead atoms. The number of imide groups is 1. The molecule has 0 aliphatic heterocycles. The second-order valence-corrected chi connectivity index (χ2v) is 5.64. The monoisotopic (exact) mass is 368 g/mol. The van der Waals surface area contributed by atoms with E-state index in [0.717, 1.165) is 0 Å². The molecule has 140 valence electrons. The molecule has 7 heteroatoms. The van der Waals surface area contributed by atoms with E-state index in [2.05, 4.69) is 10.6 Å². The zero-order valence-corrected chi connectivity index (χ0v) is 14.8. The third kappa shape index (κ3) is 6.07. The number of hydrogen-bond acceptors (Lipinski definition) is 5. The summed E-state index contributed by atoms with van der Waals surface area (Å²) in [5, 5.41) is 4.35. The number of hydrogen-bond donors (Lipinski definition) is 2. The number of carbonyl (C=O) groups is 4. The van der Waals surface area contributed by atoms with Crippen LogP contribution in [0.4, 0.5) is 4.79 Å². The molecule has 3 amide bonds. The van der Waals surface area contributed by atoms with Gasteiger partial charge in [-0.25, -0.2) is 4.79 Å². The molecule has 27 heavy (non-hydrogen) atoms. The quantitative estimate of drug-likeness (QED) is 0.577. The minimum atomic E-state index is -1.29. The number of ether oxygens (including phenoxy) is 1. The Morgan fingerprint density at radius 2 is 1.48 bits per heavy atom. The van der Waals surface area contributed by atoms with Gasteiger partial charge >= 0.3 is 12.0 Å². The van der Waals surface area contributed by atoms with Crippen molar-refractivity contribution in [3.8, 4) is 0 Å². The first-order chi connectivity index (χ1) is 13.0. The first-order valence-corrected chi connectivity index (χ1v) is 8.36. The van der Waals surface area contributed by atoms with Gasteiger partial charge in [-0.1, -0.05) is 60.7 Å². The van der Waals surface area contributed by atoms with E-state index in [4.69, 9.17) is 4.74 Å². The Morgan fingerprint density at radius 3 is 2.07 bits per heavy atom. The van der Waals surface area contributed by atoms with E-state index in [1.54, 1.807) is 60.7 Å². The van der Waals surface area contributed by atoms with Crippen molar-refractivity contribution < 1.29 is 23.9 Å². The molecule has 7 nitrogen and oxygen atoms in total. The molecule has 2 aromatic carbocycles. The van der Waals surface area contributed by atoms with Gasteiger partial charge in [-0.05, 0) is 0 Å². The van der Waals surface area contributed by atoms with E-state index >= 15 is 0 Å². The summed E-state index contributed by atoms with van der Waals surface area (Å²) in [6.45, 7) is 0. The minimum Gasteiger partial charge on any atom is -0.447 e. The number of amides is 3. The molecule has 2 N–H and O–H groups in total. The highest BCUT2D eigenvalue weighted by Crippen LogP contribution is 2.19. The summed E-state index contributed by atoms with van der Waals surface area (Å²) in [5.41, 5.74) is 0.920. The Kier molecular flexibility index (Phi) is 7.25. The van der Waals surface area contributed by atoms with E-state index in [9.17, 15) is 19.2 Å². The highest BCUT2D eigenvalue weighted by molar-refractivity contribution is 5.99. The van der Waals surface area contributed by atoms with Crippen molar-refractivity contribution in [3.05, 3.63) is 71.8 Å². The molecular formula is C20H20N2O5. The van der Waals surface area contributed by atoms with Gasteiger partial charge in [0, 0.05) is 24.6 Å². The number of ketones is 1. The maximum Gasteiger partial charge on any atom is 0.321 e. The molecule has 0 unspecified atom stereocenters.